The van der Waals surface area contributed by atoms with Crippen molar-refractivity contribution in [2.24, 2.45) is 11.8 Å². The number of halogens is 2. The largest absolute Gasteiger partial charge is 0.349 e. The summed E-state index contributed by atoms with van der Waals surface area (Å²) in [5.74, 6) is 0.213. The van der Waals surface area contributed by atoms with E-state index in [2.05, 4.69) is 53.1 Å². The fraction of sp³-hybridized carbons (Fsp3) is 0.500. The van der Waals surface area contributed by atoms with Crippen LogP contribution in [-0.4, -0.2) is 56.5 Å². The number of nitrogens with zero attached hydrogens (tertiary/aromatic N) is 2. The quantitative estimate of drug-likeness (QED) is 0.202. The Hall–Kier alpha value is -2.60. The Morgan fingerprint density at radius 3 is 1.44 bits per heavy atom. The summed E-state index contributed by atoms with van der Waals surface area (Å²) in [6, 6.07) is 3.34. The average molecular weight is 626 g/mol. The maximum atomic E-state index is 12.9. The van der Waals surface area contributed by atoms with Crippen LogP contribution in [0.3, 0.4) is 0 Å². The Morgan fingerprint density at radius 2 is 1.11 bits per heavy atom. The van der Waals surface area contributed by atoms with Crippen molar-refractivity contribution >= 4 is 66.9 Å². The first-order valence-electron chi connectivity index (χ1n) is 12.0. The lowest BCUT2D eigenvalue weighted by Gasteiger charge is -2.11. The molecule has 4 amide bonds. The third-order valence-corrected chi connectivity index (χ3v) is 7.09. The zero-order valence-corrected chi connectivity index (χ0v) is 23.0. The fourth-order valence-corrected chi connectivity index (χ4v) is 4.20. The highest BCUT2D eigenvalue weighted by Crippen LogP contribution is 2.32. The standard InChI is InChI=1S/C24H30Br2N6O4/c25-9-21(33)29-17-7-19(31(13-17)11-15-1-2-15)23(35)27-5-6-28-24(36)20-8-18(30-22(34)10-26)14-32(20)12-16-3-4-16/h7-8,13-16H,1-6,9-12H2,(H,27,35)(H,28,36)(H,29,33)(H,30,34). The molecule has 2 aromatic heterocycles. The highest BCUT2D eigenvalue weighted by atomic mass is 79.9. The lowest BCUT2D eigenvalue weighted by Crippen LogP contribution is -2.36. The van der Waals surface area contributed by atoms with Gasteiger partial charge in [-0.25, -0.2) is 0 Å². The van der Waals surface area contributed by atoms with Crippen LogP contribution < -0.4 is 21.3 Å². The second-order valence-corrected chi connectivity index (χ2v) is 10.4. The van der Waals surface area contributed by atoms with E-state index in [-0.39, 0.29) is 47.4 Å². The molecule has 2 aromatic rings. The highest BCUT2D eigenvalue weighted by Gasteiger charge is 2.26. The van der Waals surface area contributed by atoms with Crippen molar-refractivity contribution < 1.29 is 19.2 Å². The van der Waals surface area contributed by atoms with Crippen LogP contribution in [0.4, 0.5) is 11.4 Å². The van der Waals surface area contributed by atoms with Crippen LogP contribution in [0.2, 0.25) is 0 Å². The third kappa shape index (κ3) is 7.45. The predicted octanol–water partition coefficient (Wildman–Crippen LogP) is 2.94. The summed E-state index contributed by atoms with van der Waals surface area (Å²) < 4.78 is 3.76. The van der Waals surface area contributed by atoms with Crippen molar-refractivity contribution in [3.8, 4) is 0 Å². The van der Waals surface area contributed by atoms with Crippen molar-refractivity contribution in [3.05, 3.63) is 35.9 Å². The molecule has 0 atom stereocenters. The fourth-order valence-electron chi connectivity index (χ4n) is 3.92. The van der Waals surface area contributed by atoms with Gasteiger partial charge in [-0.3, -0.25) is 19.2 Å². The maximum absolute atomic E-state index is 12.9. The average Bonchev–Trinajstić information content (AvgIpc) is 3.77. The van der Waals surface area contributed by atoms with E-state index in [0.717, 1.165) is 38.8 Å². The first-order chi connectivity index (χ1) is 17.4. The number of nitrogens with one attached hydrogen (secondary N) is 4. The molecule has 4 rings (SSSR count). The van der Waals surface area contributed by atoms with Gasteiger partial charge >= 0.3 is 0 Å². The summed E-state index contributed by atoms with van der Waals surface area (Å²) in [6.07, 6.45) is 8.12. The number of hydrogen-bond donors (Lipinski definition) is 4. The normalized spacial score (nSPS) is 14.8. The highest BCUT2D eigenvalue weighted by molar-refractivity contribution is 9.09. The number of aromatic nitrogens is 2. The van der Waals surface area contributed by atoms with E-state index in [1.54, 1.807) is 24.5 Å². The molecule has 0 unspecified atom stereocenters. The minimum atomic E-state index is -0.263. The van der Waals surface area contributed by atoms with Gasteiger partial charge in [-0.1, -0.05) is 31.9 Å². The van der Waals surface area contributed by atoms with E-state index in [4.69, 9.17) is 0 Å². The van der Waals surface area contributed by atoms with E-state index in [0.29, 0.717) is 34.6 Å². The smallest absolute Gasteiger partial charge is 0.268 e. The molecule has 0 spiro atoms. The Morgan fingerprint density at radius 1 is 0.722 bits per heavy atom. The van der Waals surface area contributed by atoms with Crippen LogP contribution in [0.5, 0.6) is 0 Å². The molecule has 0 saturated heterocycles. The molecule has 0 aromatic carbocycles. The van der Waals surface area contributed by atoms with Gasteiger partial charge in [0.1, 0.15) is 11.4 Å². The van der Waals surface area contributed by atoms with Gasteiger partial charge in [-0.15, -0.1) is 0 Å². The minimum Gasteiger partial charge on any atom is -0.349 e. The van der Waals surface area contributed by atoms with E-state index in [1.165, 1.54) is 0 Å². The van der Waals surface area contributed by atoms with E-state index in [9.17, 15) is 19.2 Å². The van der Waals surface area contributed by atoms with Gasteiger partial charge in [0.2, 0.25) is 11.8 Å². The molecule has 0 bridgehead atoms. The molecular weight excluding hydrogens is 596 g/mol. The lowest BCUT2D eigenvalue weighted by molar-refractivity contribution is -0.114. The summed E-state index contributed by atoms with van der Waals surface area (Å²) in [6.45, 7) is 1.96. The molecule has 2 heterocycles. The Labute approximate surface area is 226 Å². The van der Waals surface area contributed by atoms with Crippen molar-refractivity contribution in [2.45, 2.75) is 38.8 Å². The molecule has 10 nitrogen and oxygen atoms in total. The molecule has 0 radical (unpaired) electrons. The Balaban J connectivity index is 1.32. The van der Waals surface area contributed by atoms with Crippen LogP contribution >= 0.6 is 31.9 Å². The van der Waals surface area contributed by atoms with Gasteiger partial charge in [0.05, 0.1) is 22.0 Å². The number of carbonyl (C=O) groups excluding carboxylic acids is 4. The SMILES string of the molecule is O=C(CBr)Nc1cc(C(=O)NCCNC(=O)c2cc(NC(=O)CBr)cn2CC2CC2)n(CC2CC2)c1. The van der Waals surface area contributed by atoms with Gasteiger partial charge in [0.25, 0.3) is 11.8 Å². The van der Waals surface area contributed by atoms with Crippen LogP contribution in [0.1, 0.15) is 46.7 Å². The number of rotatable bonds is 13. The monoisotopic (exact) mass is 624 g/mol. The summed E-state index contributed by atoms with van der Waals surface area (Å²) in [5, 5.41) is 11.6. The molecule has 2 fully saturated rings. The van der Waals surface area contributed by atoms with Crippen molar-refractivity contribution in [1.29, 1.82) is 0 Å². The molecule has 36 heavy (non-hydrogen) atoms. The molecule has 4 N–H and O–H groups in total. The van der Waals surface area contributed by atoms with Gasteiger partial charge in [-0.05, 0) is 49.7 Å². The third-order valence-electron chi connectivity index (χ3n) is 6.07. The summed E-state index contributed by atoms with van der Waals surface area (Å²) in [5.41, 5.74) is 2.11. The number of hydrogen-bond acceptors (Lipinski definition) is 4. The number of amides is 4. The van der Waals surface area contributed by atoms with Gasteiger partial charge in [0.15, 0.2) is 0 Å². The van der Waals surface area contributed by atoms with E-state index >= 15 is 0 Å². The van der Waals surface area contributed by atoms with Crippen LogP contribution in [0.25, 0.3) is 0 Å². The van der Waals surface area contributed by atoms with Crippen molar-refractivity contribution in [1.82, 2.24) is 19.8 Å². The molecule has 2 saturated carbocycles. The van der Waals surface area contributed by atoms with Gasteiger partial charge in [-0.2, -0.15) is 0 Å². The number of carbonyl (C=O) groups is 4. The zero-order chi connectivity index (χ0) is 25.7. The molecule has 2 aliphatic rings. The second-order valence-electron chi connectivity index (χ2n) is 9.29. The van der Waals surface area contributed by atoms with Gasteiger partial charge < -0.3 is 30.4 Å². The Kier molecular flexibility index (Phi) is 8.89. The topological polar surface area (TPSA) is 126 Å². The zero-order valence-electron chi connectivity index (χ0n) is 19.8. The minimum absolute atomic E-state index is 0.177. The van der Waals surface area contributed by atoms with Crippen LogP contribution in [0, 0.1) is 11.8 Å². The maximum Gasteiger partial charge on any atom is 0.268 e. The molecular formula is C24H30Br2N6O4. The Bertz CT molecular complexity index is 1050. The van der Waals surface area contributed by atoms with Gasteiger partial charge in [0, 0.05) is 38.6 Å². The first-order valence-corrected chi connectivity index (χ1v) is 14.3. The van der Waals surface area contributed by atoms with E-state index in [1.807, 2.05) is 9.13 Å². The molecule has 194 valence electrons. The number of anilines is 2. The van der Waals surface area contributed by atoms with Crippen molar-refractivity contribution in [2.75, 3.05) is 34.4 Å². The lowest BCUT2D eigenvalue weighted by atomic mass is 10.3. The molecule has 0 aliphatic heterocycles. The molecule has 12 heteroatoms. The summed E-state index contributed by atoms with van der Waals surface area (Å²) >= 11 is 6.25. The van der Waals surface area contributed by atoms with Crippen LogP contribution in [-0.2, 0) is 22.7 Å². The summed E-state index contributed by atoms with van der Waals surface area (Å²) in [7, 11) is 0. The second kappa shape index (κ2) is 12.1. The van der Waals surface area contributed by atoms with Crippen LogP contribution in [0.15, 0.2) is 24.5 Å². The first kappa shape index (κ1) is 26.5. The van der Waals surface area contributed by atoms with E-state index < -0.39 is 0 Å². The molecule has 2 aliphatic carbocycles. The number of alkyl halides is 2. The summed E-state index contributed by atoms with van der Waals surface area (Å²) in [4.78, 5) is 49.1. The van der Waals surface area contributed by atoms with Crippen molar-refractivity contribution in [3.63, 3.8) is 0 Å². The predicted molar refractivity (Wildman–Crippen MR) is 144 cm³/mol.